The Hall–Kier alpha value is -2.30. The smallest absolute Gasteiger partial charge is 0.347 e. The average molecular weight is 330 g/mol. The number of hydrogen-bond donors (Lipinski definition) is 2. The number of carbonyl (C=O) groups is 1. The van der Waals surface area contributed by atoms with E-state index in [1.165, 1.54) is 0 Å². The molecule has 0 aliphatic rings. The van der Waals surface area contributed by atoms with Crippen LogP contribution in [-0.2, 0) is 15.1 Å². The van der Waals surface area contributed by atoms with E-state index in [0.717, 1.165) is 5.52 Å². The van der Waals surface area contributed by atoms with E-state index >= 15 is 0 Å². The fourth-order valence-electron chi connectivity index (χ4n) is 2.70. The van der Waals surface area contributed by atoms with Crippen LogP contribution in [0.5, 0.6) is 0 Å². The molecule has 0 spiro atoms. The Morgan fingerprint density at radius 3 is 2.70 bits per heavy atom. The lowest BCUT2D eigenvalue weighted by Gasteiger charge is -2.26. The maximum absolute atomic E-state index is 12.6. The van der Waals surface area contributed by atoms with E-state index in [2.05, 4.69) is 4.98 Å². The summed E-state index contributed by atoms with van der Waals surface area (Å²) in [4.78, 5) is 15.6. The lowest BCUT2D eigenvalue weighted by atomic mass is 9.86. The minimum Gasteiger partial charge on any atom is -0.463 e. The van der Waals surface area contributed by atoms with Crippen LogP contribution in [-0.4, -0.2) is 22.7 Å². The summed E-state index contributed by atoms with van der Waals surface area (Å²) in [6.45, 7) is 1.89. The summed E-state index contributed by atoms with van der Waals surface area (Å²) in [6, 6.07) is 14.0. The predicted octanol–water partition coefficient (Wildman–Crippen LogP) is 3.62. The van der Waals surface area contributed by atoms with Crippen LogP contribution < -0.4 is 0 Å². The molecule has 0 radical (unpaired) electrons. The molecule has 118 valence electrons. The summed E-state index contributed by atoms with van der Waals surface area (Å²) >= 11 is 6.00. The number of esters is 1. The molecule has 23 heavy (non-hydrogen) atoms. The van der Waals surface area contributed by atoms with Crippen LogP contribution in [0, 0.1) is 0 Å². The summed E-state index contributed by atoms with van der Waals surface area (Å²) in [6.07, 6.45) is 1.62. The molecule has 0 aliphatic carbocycles. The Morgan fingerprint density at radius 1 is 1.26 bits per heavy atom. The van der Waals surface area contributed by atoms with Crippen molar-refractivity contribution in [2.75, 3.05) is 6.61 Å². The van der Waals surface area contributed by atoms with Gasteiger partial charge in [-0.15, -0.1) is 0 Å². The van der Waals surface area contributed by atoms with E-state index in [1.54, 1.807) is 55.6 Å². The Balaban J connectivity index is 2.24. The molecule has 5 heteroatoms. The minimum atomic E-state index is -1.89. The van der Waals surface area contributed by atoms with Crippen molar-refractivity contribution in [3.63, 3.8) is 0 Å². The molecule has 1 aromatic heterocycles. The summed E-state index contributed by atoms with van der Waals surface area (Å²) < 4.78 is 5.13. The number of H-pyrrole nitrogens is 1. The molecule has 1 unspecified atom stereocenters. The maximum atomic E-state index is 12.6. The second-order valence-corrected chi connectivity index (χ2v) is 5.63. The molecule has 3 rings (SSSR count). The fourth-order valence-corrected chi connectivity index (χ4v) is 2.87. The second-order valence-electron chi connectivity index (χ2n) is 5.19. The number of ether oxygens (including phenoxy) is 1. The molecule has 0 saturated carbocycles. The van der Waals surface area contributed by atoms with Gasteiger partial charge in [-0.05, 0) is 24.6 Å². The number of aromatic nitrogens is 1. The summed E-state index contributed by atoms with van der Waals surface area (Å²) in [5.74, 6) is -0.706. The SMILES string of the molecule is CCOC(=O)C(O)(c1ccccc1)c1c[nH]c2cc(Cl)ccc12. The van der Waals surface area contributed by atoms with E-state index in [9.17, 15) is 9.90 Å². The molecule has 0 saturated heterocycles. The predicted molar refractivity (Wildman–Crippen MR) is 89.4 cm³/mol. The topological polar surface area (TPSA) is 62.3 Å². The molecule has 0 amide bonds. The maximum Gasteiger partial charge on any atom is 0.347 e. The standard InChI is InChI=1S/C18H16ClNO3/c1-2-23-17(21)18(22,12-6-4-3-5-7-12)15-11-20-16-10-13(19)8-9-14(15)16/h3-11,20,22H,2H2,1H3. The highest BCUT2D eigenvalue weighted by molar-refractivity contribution is 6.31. The monoisotopic (exact) mass is 329 g/mol. The van der Waals surface area contributed by atoms with Crippen molar-refractivity contribution in [2.45, 2.75) is 12.5 Å². The van der Waals surface area contributed by atoms with Crippen LogP contribution in [0.3, 0.4) is 0 Å². The van der Waals surface area contributed by atoms with Crippen LogP contribution in [0.2, 0.25) is 5.02 Å². The van der Waals surface area contributed by atoms with Crippen LogP contribution in [0.4, 0.5) is 0 Å². The van der Waals surface area contributed by atoms with Gasteiger partial charge >= 0.3 is 5.97 Å². The Bertz CT molecular complexity index is 844. The molecule has 2 aromatic carbocycles. The van der Waals surface area contributed by atoms with Gasteiger partial charge in [0.1, 0.15) is 0 Å². The molecule has 3 aromatic rings. The van der Waals surface area contributed by atoms with Gasteiger partial charge in [0, 0.05) is 27.7 Å². The van der Waals surface area contributed by atoms with Crippen LogP contribution >= 0.6 is 11.6 Å². The first-order valence-electron chi connectivity index (χ1n) is 7.29. The molecule has 0 fully saturated rings. The summed E-state index contributed by atoms with van der Waals surface area (Å²) in [7, 11) is 0. The zero-order valence-corrected chi connectivity index (χ0v) is 13.3. The van der Waals surface area contributed by atoms with Gasteiger partial charge < -0.3 is 14.8 Å². The van der Waals surface area contributed by atoms with Gasteiger partial charge in [-0.1, -0.05) is 48.0 Å². The van der Waals surface area contributed by atoms with Crippen molar-refractivity contribution in [3.05, 3.63) is 70.9 Å². The van der Waals surface area contributed by atoms with Crippen molar-refractivity contribution < 1.29 is 14.6 Å². The number of carbonyl (C=O) groups excluding carboxylic acids is 1. The zero-order chi connectivity index (χ0) is 16.4. The molecule has 0 aliphatic heterocycles. The second kappa shape index (κ2) is 6.07. The largest absolute Gasteiger partial charge is 0.463 e. The van der Waals surface area contributed by atoms with Gasteiger partial charge in [-0.2, -0.15) is 0 Å². The average Bonchev–Trinajstić information content (AvgIpc) is 2.98. The van der Waals surface area contributed by atoms with Crippen LogP contribution in [0.25, 0.3) is 10.9 Å². The van der Waals surface area contributed by atoms with Gasteiger partial charge in [-0.25, -0.2) is 4.79 Å². The number of hydrogen-bond acceptors (Lipinski definition) is 3. The van der Waals surface area contributed by atoms with Crippen molar-refractivity contribution in [3.8, 4) is 0 Å². The van der Waals surface area contributed by atoms with Gasteiger partial charge in [0.05, 0.1) is 6.61 Å². The van der Waals surface area contributed by atoms with Crippen molar-refractivity contribution in [2.24, 2.45) is 0 Å². The van der Waals surface area contributed by atoms with Crippen molar-refractivity contribution in [1.82, 2.24) is 4.98 Å². The Morgan fingerprint density at radius 2 is 2.00 bits per heavy atom. The van der Waals surface area contributed by atoms with Crippen molar-refractivity contribution >= 4 is 28.5 Å². The van der Waals surface area contributed by atoms with E-state index in [-0.39, 0.29) is 6.61 Å². The first kappa shape index (κ1) is 15.6. The normalized spacial score (nSPS) is 13.7. The first-order chi connectivity index (χ1) is 11.1. The number of aromatic amines is 1. The minimum absolute atomic E-state index is 0.183. The van der Waals surface area contributed by atoms with Crippen molar-refractivity contribution in [1.29, 1.82) is 0 Å². The number of rotatable bonds is 4. The number of nitrogens with one attached hydrogen (secondary N) is 1. The van der Waals surface area contributed by atoms with Gasteiger partial charge in [-0.3, -0.25) is 0 Å². The number of fused-ring (bicyclic) bond motifs is 1. The molecule has 1 atom stereocenters. The number of benzene rings is 2. The zero-order valence-electron chi connectivity index (χ0n) is 12.5. The highest BCUT2D eigenvalue weighted by Crippen LogP contribution is 2.36. The molecular formula is C18H16ClNO3. The third-order valence-corrected chi connectivity index (χ3v) is 4.03. The van der Waals surface area contributed by atoms with Gasteiger partial charge in [0.2, 0.25) is 5.60 Å². The van der Waals surface area contributed by atoms with E-state index in [0.29, 0.717) is 21.5 Å². The van der Waals surface area contributed by atoms with Gasteiger partial charge in [0.15, 0.2) is 0 Å². The van der Waals surface area contributed by atoms with Gasteiger partial charge in [0.25, 0.3) is 0 Å². The highest BCUT2D eigenvalue weighted by atomic mass is 35.5. The van der Waals surface area contributed by atoms with Crippen LogP contribution in [0.1, 0.15) is 18.1 Å². The number of halogens is 1. The Kier molecular flexibility index (Phi) is 4.11. The van der Waals surface area contributed by atoms with E-state index < -0.39 is 11.6 Å². The quantitative estimate of drug-likeness (QED) is 0.719. The number of aliphatic hydroxyl groups is 1. The highest BCUT2D eigenvalue weighted by Gasteiger charge is 2.43. The lowest BCUT2D eigenvalue weighted by molar-refractivity contribution is -0.161. The van der Waals surface area contributed by atoms with E-state index in [1.807, 2.05) is 6.07 Å². The third kappa shape index (κ3) is 2.60. The molecule has 1 heterocycles. The fraction of sp³-hybridized carbons (Fsp3) is 0.167. The first-order valence-corrected chi connectivity index (χ1v) is 7.67. The molecular weight excluding hydrogens is 314 g/mol. The summed E-state index contributed by atoms with van der Waals surface area (Å²) in [5.41, 5.74) is -0.252. The van der Waals surface area contributed by atoms with Crippen LogP contribution in [0.15, 0.2) is 54.7 Å². The summed E-state index contributed by atoms with van der Waals surface area (Å²) in [5, 5.41) is 12.6. The Labute approximate surface area is 138 Å². The lowest BCUT2D eigenvalue weighted by Crippen LogP contribution is -2.38. The van der Waals surface area contributed by atoms with E-state index in [4.69, 9.17) is 16.3 Å². The molecule has 2 N–H and O–H groups in total. The molecule has 4 nitrogen and oxygen atoms in total. The molecule has 0 bridgehead atoms. The third-order valence-electron chi connectivity index (χ3n) is 3.80.